The van der Waals surface area contributed by atoms with Crippen molar-refractivity contribution in [2.45, 2.75) is 38.5 Å². The number of carbonyl (C=O) groups is 2. The van der Waals surface area contributed by atoms with Crippen LogP contribution in [-0.4, -0.2) is 78.9 Å². The Morgan fingerprint density at radius 3 is 2.61 bits per heavy atom. The predicted octanol–water partition coefficient (Wildman–Crippen LogP) is 1.77. The molecule has 1 N–H and O–H groups in total. The molecule has 1 atom stereocenters. The molecule has 0 bridgehead atoms. The lowest BCUT2D eigenvalue weighted by Crippen LogP contribution is -2.55. The van der Waals surface area contributed by atoms with E-state index in [-0.39, 0.29) is 18.0 Å². The van der Waals surface area contributed by atoms with Crippen LogP contribution in [0.4, 0.5) is 10.5 Å². The molecule has 33 heavy (non-hydrogen) atoms. The summed E-state index contributed by atoms with van der Waals surface area (Å²) in [6.45, 7) is 2.94. The highest BCUT2D eigenvalue weighted by Crippen LogP contribution is 2.37. The zero-order chi connectivity index (χ0) is 23.3. The number of urea groups is 1. The lowest BCUT2D eigenvalue weighted by Gasteiger charge is -2.43. The quantitative estimate of drug-likeness (QED) is 0.653. The molecule has 5 heterocycles. The third-order valence-corrected chi connectivity index (χ3v) is 6.44. The molecule has 2 aliphatic rings. The maximum Gasteiger partial charge on any atom is 0.324 e. The van der Waals surface area contributed by atoms with Crippen molar-refractivity contribution in [3.8, 4) is 11.3 Å². The van der Waals surface area contributed by atoms with Crippen LogP contribution in [-0.2, 0) is 18.4 Å². The SMILES string of the molecule is C[C@H](O)C(=O)N1CCC(N2C(=O)N(C)Cc3cnc4ccc(-c5cnn(C)c5)nc4c32)CC1. The number of anilines is 1. The Labute approximate surface area is 191 Å². The lowest BCUT2D eigenvalue weighted by atomic mass is 9.99. The molecule has 3 amide bonds. The number of hydrogen-bond donors (Lipinski definition) is 1. The molecule has 3 aromatic rings. The van der Waals surface area contributed by atoms with Gasteiger partial charge in [0.25, 0.3) is 5.91 Å². The normalized spacial score (nSPS) is 18.1. The molecule has 5 rings (SSSR count). The summed E-state index contributed by atoms with van der Waals surface area (Å²) in [5, 5.41) is 13.9. The number of aliphatic hydroxyl groups is 1. The van der Waals surface area contributed by atoms with Gasteiger partial charge in [0, 0.05) is 56.7 Å². The lowest BCUT2D eigenvalue weighted by molar-refractivity contribution is -0.140. The fourth-order valence-electron chi connectivity index (χ4n) is 4.74. The van der Waals surface area contributed by atoms with Gasteiger partial charge in [0.05, 0.1) is 29.6 Å². The van der Waals surface area contributed by atoms with Crippen molar-refractivity contribution < 1.29 is 14.7 Å². The van der Waals surface area contributed by atoms with Crippen molar-refractivity contribution >= 4 is 28.7 Å². The number of amides is 3. The predicted molar refractivity (Wildman–Crippen MR) is 122 cm³/mol. The van der Waals surface area contributed by atoms with Crippen LogP contribution in [0.1, 0.15) is 25.3 Å². The maximum atomic E-state index is 13.4. The molecule has 0 radical (unpaired) electrons. The molecule has 10 heteroatoms. The van der Waals surface area contributed by atoms with E-state index >= 15 is 0 Å². The first kappa shape index (κ1) is 21.3. The number of aromatic nitrogens is 4. The van der Waals surface area contributed by atoms with E-state index in [2.05, 4.69) is 10.1 Å². The first-order valence-electron chi connectivity index (χ1n) is 11.1. The van der Waals surface area contributed by atoms with E-state index in [0.29, 0.717) is 38.0 Å². The summed E-state index contributed by atoms with van der Waals surface area (Å²) in [7, 11) is 3.65. The highest BCUT2D eigenvalue weighted by molar-refractivity contribution is 6.04. The molecular formula is C23H27N7O3. The number of aliphatic hydroxyl groups excluding tert-OH is 1. The molecule has 172 valence electrons. The first-order valence-corrected chi connectivity index (χ1v) is 11.1. The second-order valence-corrected chi connectivity index (χ2v) is 8.84. The summed E-state index contributed by atoms with van der Waals surface area (Å²) in [4.78, 5) is 40.3. The number of likely N-dealkylation sites (tertiary alicyclic amines) is 1. The number of hydrogen-bond acceptors (Lipinski definition) is 6. The minimum atomic E-state index is -1.02. The van der Waals surface area contributed by atoms with Crippen molar-refractivity contribution in [1.82, 2.24) is 29.5 Å². The molecule has 0 aliphatic carbocycles. The van der Waals surface area contributed by atoms with Gasteiger partial charge in [-0.3, -0.25) is 19.4 Å². The summed E-state index contributed by atoms with van der Waals surface area (Å²) in [5.41, 5.74) is 4.84. The van der Waals surface area contributed by atoms with E-state index in [4.69, 9.17) is 4.98 Å². The second kappa shape index (κ2) is 8.11. The fraction of sp³-hybridized carbons (Fsp3) is 0.435. The van der Waals surface area contributed by atoms with Crippen LogP contribution in [0.5, 0.6) is 0 Å². The Hall–Kier alpha value is -3.53. The number of piperidine rings is 1. The monoisotopic (exact) mass is 449 g/mol. The number of nitrogens with zero attached hydrogens (tertiary/aromatic N) is 7. The van der Waals surface area contributed by atoms with Gasteiger partial charge in [-0.2, -0.15) is 5.10 Å². The van der Waals surface area contributed by atoms with E-state index in [1.54, 1.807) is 27.7 Å². The van der Waals surface area contributed by atoms with Crippen molar-refractivity contribution in [2.24, 2.45) is 7.05 Å². The Morgan fingerprint density at radius 1 is 1.18 bits per heavy atom. The summed E-state index contributed by atoms with van der Waals surface area (Å²) in [5.74, 6) is -0.270. The summed E-state index contributed by atoms with van der Waals surface area (Å²) in [6, 6.07) is 3.69. The van der Waals surface area contributed by atoms with Crippen LogP contribution in [0.15, 0.2) is 30.7 Å². The molecule has 0 spiro atoms. The number of fused-ring (bicyclic) bond motifs is 3. The van der Waals surface area contributed by atoms with Crippen molar-refractivity contribution in [3.05, 3.63) is 36.3 Å². The number of pyridine rings is 2. The van der Waals surface area contributed by atoms with Gasteiger partial charge in [0.15, 0.2) is 0 Å². The maximum absolute atomic E-state index is 13.4. The van der Waals surface area contributed by atoms with Gasteiger partial charge in [-0.05, 0) is 31.9 Å². The molecule has 0 aromatic carbocycles. The summed E-state index contributed by atoms with van der Waals surface area (Å²) >= 11 is 0. The molecule has 0 saturated carbocycles. The second-order valence-electron chi connectivity index (χ2n) is 8.84. The van der Waals surface area contributed by atoms with E-state index < -0.39 is 6.10 Å². The van der Waals surface area contributed by atoms with Gasteiger partial charge in [-0.15, -0.1) is 0 Å². The minimum Gasteiger partial charge on any atom is -0.384 e. The molecule has 2 aliphatic heterocycles. The Balaban J connectivity index is 1.56. The molecule has 0 unspecified atom stereocenters. The Morgan fingerprint density at radius 2 is 1.94 bits per heavy atom. The zero-order valence-electron chi connectivity index (χ0n) is 19.0. The fourth-order valence-corrected chi connectivity index (χ4v) is 4.74. The number of rotatable bonds is 3. The molecule has 3 aromatic heterocycles. The van der Waals surface area contributed by atoms with Gasteiger partial charge < -0.3 is 14.9 Å². The van der Waals surface area contributed by atoms with Gasteiger partial charge >= 0.3 is 6.03 Å². The third kappa shape index (κ3) is 3.70. The Bertz CT molecular complexity index is 1230. The molecule has 1 fully saturated rings. The minimum absolute atomic E-state index is 0.0773. The molecule has 10 nitrogen and oxygen atoms in total. The van der Waals surface area contributed by atoms with Crippen LogP contribution in [0.3, 0.4) is 0 Å². The largest absolute Gasteiger partial charge is 0.384 e. The van der Waals surface area contributed by atoms with Gasteiger partial charge in [-0.25, -0.2) is 9.78 Å². The summed E-state index contributed by atoms with van der Waals surface area (Å²) < 4.78 is 1.73. The molecular weight excluding hydrogens is 422 g/mol. The van der Waals surface area contributed by atoms with Gasteiger partial charge in [0.2, 0.25) is 0 Å². The highest BCUT2D eigenvalue weighted by Gasteiger charge is 2.38. The van der Waals surface area contributed by atoms with Crippen LogP contribution < -0.4 is 4.90 Å². The first-order chi connectivity index (χ1) is 15.8. The van der Waals surface area contributed by atoms with E-state index in [1.165, 1.54) is 6.92 Å². The standard InChI is InChI=1S/C23H27N7O3/c1-14(31)22(32)29-8-6-17(7-9-29)30-21-16(12-27(2)23(30)33)10-24-19-5-4-18(26-20(19)21)15-11-25-28(3)13-15/h4-5,10-11,13-14,17,31H,6-9,12H2,1-3H3/t14-/m0/s1. The average molecular weight is 450 g/mol. The van der Waals surface area contributed by atoms with Crippen LogP contribution >= 0.6 is 0 Å². The highest BCUT2D eigenvalue weighted by atomic mass is 16.3. The van der Waals surface area contributed by atoms with Gasteiger partial charge in [-0.1, -0.05) is 0 Å². The molecule has 1 saturated heterocycles. The van der Waals surface area contributed by atoms with E-state index in [0.717, 1.165) is 28.0 Å². The van der Waals surface area contributed by atoms with E-state index in [9.17, 15) is 14.7 Å². The van der Waals surface area contributed by atoms with Crippen molar-refractivity contribution in [1.29, 1.82) is 0 Å². The van der Waals surface area contributed by atoms with Crippen LogP contribution in [0.25, 0.3) is 22.3 Å². The van der Waals surface area contributed by atoms with Gasteiger partial charge in [0.1, 0.15) is 11.6 Å². The summed E-state index contributed by atoms with van der Waals surface area (Å²) in [6.07, 6.45) is 5.74. The van der Waals surface area contributed by atoms with Crippen LogP contribution in [0.2, 0.25) is 0 Å². The zero-order valence-corrected chi connectivity index (χ0v) is 19.0. The number of carbonyl (C=O) groups excluding carboxylic acids is 2. The smallest absolute Gasteiger partial charge is 0.324 e. The number of aryl methyl sites for hydroxylation is 1. The average Bonchev–Trinajstić information content (AvgIpc) is 3.25. The van der Waals surface area contributed by atoms with Crippen LogP contribution in [0, 0.1) is 0 Å². The Kier molecular flexibility index (Phi) is 5.24. The van der Waals surface area contributed by atoms with E-state index in [1.807, 2.05) is 36.5 Å². The third-order valence-electron chi connectivity index (χ3n) is 6.44. The topological polar surface area (TPSA) is 108 Å². The van der Waals surface area contributed by atoms with Crippen molar-refractivity contribution in [3.63, 3.8) is 0 Å². The van der Waals surface area contributed by atoms with Crippen molar-refractivity contribution in [2.75, 3.05) is 25.0 Å².